The molecule has 4 rings (SSSR count). The largest absolute Gasteiger partial charge is 0.358 e. The van der Waals surface area contributed by atoms with E-state index in [0.29, 0.717) is 17.7 Å². The van der Waals surface area contributed by atoms with Crippen molar-refractivity contribution in [1.29, 1.82) is 0 Å². The van der Waals surface area contributed by atoms with Crippen molar-refractivity contribution in [3.05, 3.63) is 52.6 Å². The first-order chi connectivity index (χ1) is 9.15. The average molecular weight is 271 g/mol. The first-order valence-electron chi connectivity index (χ1n) is 6.37. The molecule has 1 N–H and O–H groups in total. The predicted octanol–water partition coefficient (Wildman–Crippen LogP) is 2.84. The highest BCUT2D eigenvalue weighted by Gasteiger charge is 2.33. The number of anilines is 1. The predicted molar refractivity (Wildman–Crippen MR) is 76.7 cm³/mol. The fourth-order valence-electron chi connectivity index (χ4n) is 3.00. The Hall–Kier alpha value is -1.81. The molecule has 2 aromatic rings. The Bertz CT molecular complexity index is 834. The third kappa shape index (κ3) is 1.53. The highest BCUT2D eigenvalue weighted by Crippen LogP contribution is 2.39. The third-order valence-corrected chi connectivity index (χ3v) is 5.88. The Labute approximate surface area is 111 Å². The minimum atomic E-state index is -3.04. The normalized spacial score (nSPS) is 20.0. The van der Waals surface area contributed by atoms with Gasteiger partial charge in [-0.2, -0.15) is 0 Å². The van der Waals surface area contributed by atoms with Gasteiger partial charge in [0.25, 0.3) is 0 Å². The summed E-state index contributed by atoms with van der Waals surface area (Å²) in [6.45, 7) is 0. The van der Waals surface area contributed by atoms with Crippen molar-refractivity contribution < 1.29 is 8.42 Å². The van der Waals surface area contributed by atoms with Crippen molar-refractivity contribution >= 4 is 26.3 Å². The van der Waals surface area contributed by atoms with Crippen LogP contribution in [-0.2, 0) is 16.3 Å². The number of hydrogen-bond donors (Lipinski definition) is 1. The zero-order valence-corrected chi connectivity index (χ0v) is 11.1. The van der Waals surface area contributed by atoms with Gasteiger partial charge in [0.05, 0.1) is 10.7 Å². The molecule has 0 saturated heterocycles. The molecule has 0 atom stereocenters. The van der Waals surface area contributed by atoms with E-state index in [2.05, 4.69) is 23.5 Å². The highest BCUT2D eigenvalue weighted by atomic mass is 32.2. The van der Waals surface area contributed by atoms with E-state index in [0.717, 1.165) is 27.7 Å². The molecular formula is C15H13NO2S. The van der Waals surface area contributed by atoms with Gasteiger partial charge in [-0.15, -0.1) is 0 Å². The van der Waals surface area contributed by atoms with Crippen molar-refractivity contribution in [3.63, 3.8) is 0 Å². The first-order valence-corrected chi connectivity index (χ1v) is 8.03. The van der Waals surface area contributed by atoms with Crippen LogP contribution in [0.2, 0.25) is 0 Å². The van der Waals surface area contributed by atoms with Crippen LogP contribution in [0.4, 0.5) is 5.69 Å². The first kappa shape index (κ1) is 11.1. The average Bonchev–Trinajstić information content (AvgIpc) is 2.72. The maximum Gasteiger partial charge on any atom is 0.176 e. The van der Waals surface area contributed by atoms with Crippen LogP contribution in [0.25, 0.3) is 10.8 Å². The summed E-state index contributed by atoms with van der Waals surface area (Å²) in [5.41, 5.74) is 3.04. The van der Waals surface area contributed by atoms with Gasteiger partial charge in [0.1, 0.15) is 0 Å². The summed E-state index contributed by atoms with van der Waals surface area (Å²) in [6, 6.07) is 12.2. The number of rotatable bonds is 0. The second-order valence-corrected chi connectivity index (χ2v) is 7.22. The van der Waals surface area contributed by atoms with Crippen LogP contribution in [0.1, 0.15) is 12.0 Å². The molecule has 0 bridgehead atoms. The van der Waals surface area contributed by atoms with Crippen molar-refractivity contribution in [1.82, 2.24) is 0 Å². The van der Waals surface area contributed by atoms with Crippen LogP contribution in [-0.4, -0.2) is 14.2 Å². The standard InChI is InChI=1S/C15H13NO2S/c17-19(18)8-7-14-15(19)9-12-11-4-2-1-3-10(11)5-6-13(12)16-14/h1-6,16H,7-9H2. The van der Waals surface area contributed by atoms with Gasteiger partial charge in [0.15, 0.2) is 9.84 Å². The van der Waals surface area contributed by atoms with Crippen LogP contribution >= 0.6 is 0 Å². The lowest BCUT2D eigenvalue weighted by Crippen LogP contribution is -2.13. The van der Waals surface area contributed by atoms with Crippen LogP contribution in [0, 0.1) is 0 Å². The van der Waals surface area contributed by atoms with Gasteiger partial charge in [-0.05, 0) is 22.4 Å². The van der Waals surface area contributed by atoms with Gasteiger partial charge < -0.3 is 5.32 Å². The third-order valence-electron chi connectivity index (χ3n) is 4.00. The molecule has 2 aliphatic rings. The fraction of sp³-hybridized carbons (Fsp3) is 0.200. The summed E-state index contributed by atoms with van der Waals surface area (Å²) >= 11 is 0. The Morgan fingerprint density at radius 2 is 1.89 bits per heavy atom. The topological polar surface area (TPSA) is 46.2 Å². The van der Waals surface area contributed by atoms with E-state index in [1.165, 1.54) is 0 Å². The molecule has 2 heterocycles. The molecule has 3 nitrogen and oxygen atoms in total. The second kappa shape index (κ2) is 3.61. The molecule has 0 amide bonds. The molecule has 2 aliphatic heterocycles. The minimum absolute atomic E-state index is 0.247. The summed E-state index contributed by atoms with van der Waals surface area (Å²) in [5.74, 6) is 0.247. The summed E-state index contributed by atoms with van der Waals surface area (Å²) in [4.78, 5) is 0.594. The van der Waals surface area contributed by atoms with Crippen LogP contribution < -0.4 is 5.32 Å². The van der Waals surface area contributed by atoms with Crippen LogP contribution in [0.15, 0.2) is 47.0 Å². The van der Waals surface area contributed by atoms with Crippen molar-refractivity contribution in [2.45, 2.75) is 12.8 Å². The van der Waals surface area contributed by atoms with Gasteiger partial charge in [-0.1, -0.05) is 30.3 Å². The van der Waals surface area contributed by atoms with E-state index in [9.17, 15) is 8.42 Å². The monoisotopic (exact) mass is 271 g/mol. The molecule has 0 spiro atoms. The number of fused-ring (bicyclic) bond motifs is 3. The number of benzene rings is 2. The molecule has 0 aliphatic carbocycles. The summed E-state index contributed by atoms with van der Waals surface area (Å²) in [5, 5.41) is 5.60. The Kier molecular flexibility index (Phi) is 2.10. The van der Waals surface area contributed by atoms with E-state index in [1.807, 2.05) is 18.2 Å². The Morgan fingerprint density at radius 1 is 1.05 bits per heavy atom. The summed E-state index contributed by atoms with van der Waals surface area (Å²) in [7, 11) is -3.04. The number of allylic oxidation sites excluding steroid dienone is 2. The lowest BCUT2D eigenvalue weighted by atomic mass is 9.97. The fourth-order valence-corrected chi connectivity index (χ4v) is 4.61. The molecular weight excluding hydrogens is 258 g/mol. The van der Waals surface area contributed by atoms with Crippen molar-refractivity contribution in [2.75, 3.05) is 11.1 Å². The Balaban J connectivity index is 1.96. The van der Waals surface area contributed by atoms with Gasteiger partial charge in [-0.3, -0.25) is 0 Å². The second-order valence-electron chi connectivity index (χ2n) is 5.09. The van der Waals surface area contributed by atoms with E-state index in [4.69, 9.17) is 0 Å². The zero-order chi connectivity index (χ0) is 13.0. The van der Waals surface area contributed by atoms with E-state index >= 15 is 0 Å². The Morgan fingerprint density at radius 3 is 2.79 bits per heavy atom. The lowest BCUT2D eigenvalue weighted by molar-refractivity contribution is 0.603. The quantitative estimate of drug-likeness (QED) is 0.801. The van der Waals surface area contributed by atoms with E-state index in [-0.39, 0.29) is 5.75 Å². The van der Waals surface area contributed by atoms with Crippen LogP contribution in [0.5, 0.6) is 0 Å². The molecule has 2 aromatic carbocycles. The van der Waals surface area contributed by atoms with Gasteiger partial charge in [0, 0.05) is 24.2 Å². The molecule has 19 heavy (non-hydrogen) atoms. The molecule has 0 radical (unpaired) electrons. The summed E-state index contributed by atoms with van der Waals surface area (Å²) in [6.07, 6.45) is 1.14. The summed E-state index contributed by atoms with van der Waals surface area (Å²) < 4.78 is 24.1. The van der Waals surface area contributed by atoms with Crippen molar-refractivity contribution in [3.8, 4) is 0 Å². The molecule has 0 saturated carbocycles. The lowest BCUT2D eigenvalue weighted by Gasteiger charge is -2.21. The molecule has 0 fully saturated rings. The maximum absolute atomic E-state index is 12.0. The number of hydrogen-bond acceptors (Lipinski definition) is 3. The molecule has 96 valence electrons. The molecule has 0 aromatic heterocycles. The van der Waals surface area contributed by atoms with Gasteiger partial charge in [-0.25, -0.2) is 8.42 Å². The zero-order valence-electron chi connectivity index (χ0n) is 10.3. The molecule has 4 heteroatoms. The minimum Gasteiger partial charge on any atom is -0.358 e. The van der Waals surface area contributed by atoms with Gasteiger partial charge in [0.2, 0.25) is 0 Å². The molecule has 0 unspecified atom stereocenters. The maximum atomic E-state index is 12.0. The smallest absolute Gasteiger partial charge is 0.176 e. The van der Waals surface area contributed by atoms with Crippen LogP contribution in [0.3, 0.4) is 0 Å². The van der Waals surface area contributed by atoms with Crippen molar-refractivity contribution in [2.24, 2.45) is 0 Å². The number of nitrogens with one attached hydrogen (secondary N) is 1. The van der Waals surface area contributed by atoms with E-state index in [1.54, 1.807) is 0 Å². The number of sulfone groups is 1. The SMILES string of the molecule is O=S1(=O)CCC2=C1Cc1c(ccc3ccccc13)N2. The van der Waals surface area contributed by atoms with Gasteiger partial charge >= 0.3 is 0 Å². The highest BCUT2D eigenvalue weighted by molar-refractivity contribution is 7.95. The van der Waals surface area contributed by atoms with E-state index < -0.39 is 9.84 Å².